The minimum atomic E-state index is -0.298. The average Bonchev–Trinajstić information content (AvgIpc) is 2.94. The first-order chi connectivity index (χ1) is 11.1. The highest BCUT2D eigenvalue weighted by atomic mass is 35.5. The van der Waals surface area contributed by atoms with E-state index in [1.807, 2.05) is 10.9 Å². The van der Waals surface area contributed by atoms with Crippen LogP contribution in [0.15, 0.2) is 24.4 Å². The van der Waals surface area contributed by atoms with E-state index in [0.717, 1.165) is 12.0 Å². The van der Waals surface area contributed by atoms with Crippen molar-refractivity contribution in [3.63, 3.8) is 0 Å². The molecule has 1 aromatic heterocycles. The second-order valence-electron chi connectivity index (χ2n) is 5.15. The molecule has 8 heteroatoms. The first-order valence-electron chi connectivity index (χ1n) is 7.24. The van der Waals surface area contributed by atoms with Gasteiger partial charge in [0, 0.05) is 29.9 Å². The molecule has 0 bridgehead atoms. The zero-order valence-corrected chi connectivity index (χ0v) is 13.8. The summed E-state index contributed by atoms with van der Waals surface area (Å²) >= 11 is 11.7. The van der Waals surface area contributed by atoms with Crippen molar-refractivity contribution in [1.82, 2.24) is 15.1 Å². The third-order valence-electron chi connectivity index (χ3n) is 3.56. The lowest BCUT2D eigenvalue weighted by atomic mass is 10.2. The quantitative estimate of drug-likeness (QED) is 0.886. The molecule has 3 rings (SSSR count). The summed E-state index contributed by atoms with van der Waals surface area (Å²) in [6, 6.07) is 4.63. The molecule has 23 heavy (non-hydrogen) atoms. The van der Waals surface area contributed by atoms with Crippen molar-refractivity contribution in [2.75, 3.05) is 18.5 Å². The van der Waals surface area contributed by atoms with Gasteiger partial charge in [-0.2, -0.15) is 5.10 Å². The topological polar surface area (TPSA) is 68.2 Å². The molecule has 2 heterocycles. The molecule has 1 aliphatic rings. The fourth-order valence-corrected chi connectivity index (χ4v) is 2.73. The summed E-state index contributed by atoms with van der Waals surface area (Å²) < 4.78 is 7.30. The lowest BCUT2D eigenvalue weighted by Crippen LogP contribution is -2.32. The summed E-state index contributed by atoms with van der Waals surface area (Å²) in [5.41, 5.74) is 2.89. The Kier molecular flexibility index (Phi) is 5.05. The number of aromatic nitrogens is 2. The Balaban J connectivity index is 1.49. The monoisotopic (exact) mass is 354 g/mol. The average molecular weight is 355 g/mol. The van der Waals surface area contributed by atoms with Crippen molar-refractivity contribution < 1.29 is 9.53 Å². The van der Waals surface area contributed by atoms with Crippen LogP contribution in [-0.2, 0) is 24.3 Å². The van der Waals surface area contributed by atoms with Crippen LogP contribution in [0.3, 0.4) is 0 Å². The van der Waals surface area contributed by atoms with Crippen LogP contribution in [-0.4, -0.2) is 29.0 Å². The second-order valence-corrected chi connectivity index (χ2v) is 5.97. The van der Waals surface area contributed by atoms with Gasteiger partial charge < -0.3 is 15.4 Å². The molecule has 122 valence electrons. The Morgan fingerprint density at radius 1 is 1.35 bits per heavy atom. The Morgan fingerprint density at radius 3 is 3.04 bits per heavy atom. The van der Waals surface area contributed by atoms with Crippen LogP contribution in [0.1, 0.15) is 11.3 Å². The summed E-state index contributed by atoms with van der Waals surface area (Å²) in [6.45, 7) is 2.41. The van der Waals surface area contributed by atoms with E-state index in [2.05, 4.69) is 15.7 Å². The number of benzene rings is 1. The van der Waals surface area contributed by atoms with Crippen molar-refractivity contribution >= 4 is 34.9 Å². The summed E-state index contributed by atoms with van der Waals surface area (Å²) in [6.07, 6.45) is 2.68. The second kappa shape index (κ2) is 7.21. The number of nitrogens with zero attached hydrogens (tertiary/aromatic N) is 2. The van der Waals surface area contributed by atoms with E-state index in [-0.39, 0.29) is 6.03 Å². The Labute approximate surface area is 143 Å². The fourth-order valence-electron chi connectivity index (χ4n) is 2.43. The van der Waals surface area contributed by atoms with E-state index >= 15 is 0 Å². The number of amides is 2. The largest absolute Gasteiger partial charge is 0.376 e. The minimum absolute atomic E-state index is 0.298. The van der Waals surface area contributed by atoms with E-state index in [1.54, 1.807) is 18.2 Å². The highest BCUT2D eigenvalue weighted by Crippen LogP contribution is 2.24. The lowest BCUT2D eigenvalue weighted by molar-refractivity contribution is 0.109. The van der Waals surface area contributed by atoms with Gasteiger partial charge in [-0.1, -0.05) is 23.2 Å². The zero-order valence-electron chi connectivity index (χ0n) is 12.3. The normalized spacial score (nSPS) is 13.5. The van der Waals surface area contributed by atoms with Gasteiger partial charge in [0.25, 0.3) is 0 Å². The Bertz CT molecular complexity index is 717. The molecule has 6 nitrogen and oxygen atoms in total. The van der Waals surface area contributed by atoms with Crippen LogP contribution in [0, 0.1) is 0 Å². The number of ether oxygens (including phenoxy) is 1. The summed E-state index contributed by atoms with van der Waals surface area (Å²) in [5, 5.41) is 10.7. The zero-order chi connectivity index (χ0) is 16.2. The number of urea groups is 1. The molecule has 0 unspecified atom stereocenters. The number of fused-ring (bicyclic) bond motifs is 1. The first kappa shape index (κ1) is 16.1. The first-order valence-corrected chi connectivity index (χ1v) is 8.00. The molecule has 0 saturated heterocycles. The summed E-state index contributed by atoms with van der Waals surface area (Å²) in [4.78, 5) is 11.9. The number of hydrogen-bond acceptors (Lipinski definition) is 3. The molecule has 2 aromatic rings. The highest BCUT2D eigenvalue weighted by Gasteiger charge is 2.15. The fraction of sp³-hybridized carbons (Fsp3) is 0.333. The van der Waals surface area contributed by atoms with Crippen molar-refractivity contribution in [2.24, 2.45) is 0 Å². The van der Waals surface area contributed by atoms with Crippen LogP contribution < -0.4 is 10.6 Å². The molecule has 0 spiro atoms. The van der Waals surface area contributed by atoms with Gasteiger partial charge >= 0.3 is 6.03 Å². The minimum Gasteiger partial charge on any atom is -0.376 e. The number of carbonyl (C=O) groups is 1. The summed E-state index contributed by atoms with van der Waals surface area (Å²) in [5.74, 6) is 0. The van der Waals surface area contributed by atoms with Gasteiger partial charge in [-0.3, -0.25) is 4.68 Å². The van der Waals surface area contributed by atoms with Gasteiger partial charge in [0.15, 0.2) is 0 Å². The highest BCUT2D eigenvalue weighted by molar-refractivity contribution is 6.42. The van der Waals surface area contributed by atoms with Crippen LogP contribution in [0.2, 0.25) is 10.0 Å². The standard InChI is InChI=1S/C15H16Cl2N4O2/c16-12-2-1-11(7-13(12)17)20-15(22)18-4-5-21-14-3-6-23-9-10(14)8-19-21/h1-2,7-8H,3-6,9H2,(H2,18,20,22). The van der Waals surface area contributed by atoms with E-state index < -0.39 is 0 Å². The number of carbonyl (C=O) groups excluding carboxylic acids is 1. The van der Waals surface area contributed by atoms with Crippen molar-refractivity contribution in [1.29, 1.82) is 0 Å². The van der Waals surface area contributed by atoms with Crippen molar-refractivity contribution in [2.45, 2.75) is 19.6 Å². The molecule has 2 amide bonds. The third-order valence-corrected chi connectivity index (χ3v) is 4.30. The van der Waals surface area contributed by atoms with E-state index in [0.29, 0.717) is 42.0 Å². The number of anilines is 1. The maximum Gasteiger partial charge on any atom is 0.319 e. The van der Waals surface area contributed by atoms with Crippen LogP contribution in [0.4, 0.5) is 10.5 Å². The predicted octanol–water partition coefficient (Wildman–Crippen LogP) is 3.08. The molecular formula is C15H16Cl2N4O2. The Hall–Kier alpha value is -1.76. The number of hydrogen-bond donors (Lipinski definition) is 2. The predicted molar refractivity (Wildman–Crippen MR) is 89.1 cm³/mol. The van der Waals surface area contributed by atoms with Gasteiger partial charge in [0.1, 0.15) is 0 Å². The maximum absolute atomic E-state index is 11.9. The number of halogens is 2. The molecule has 0 atom stereocenters. The molecule has 1 aliphatic heterocycles. The summed E-state index contributed by atoms with van der Waals surface area (Å²) in [7, 11) is 0. The SMILES string of the molecule is O=C(NCCn1ncc2c1CCOC2)Nc1ccc(Cl)c(Cl)c1. The van der Waals surface area contributed by atoms with E-state index in [4.69, 9.17) is 27.9 Å². The van der Waals surface area contributed by atoms with Gasteiger partial charge in [-0.25, -0.2) is 4.79 Å². The Morgan fingerprint density at radius 2 is 2.22 bits per heavy atom. The van der Waals surface area contributed by atoms with Crippen LogP contribution >= 0.6 is 23.2 Å². The van der Waals surface area contributed by atoms with Gasteiger partial charge in [-0.05, 0) is 18.2 Å². The molecule has 0 aliphatic carbocycles. The van der Waals surface area contributed by atoms with Crippen molar-refractivity contribution in [3.05, 3.63) is 45.7 Å². The molecule has 1 aromatic carbocycles. The molecule has 0 radical (unpaired) electrons. The smallest absolute Gasteiger partial charge is 0.319 e. The molecule has 0 saturated carbocycles. The van der Waals surface area contributed by atoms with Gasteiger partial charge in [0.2, 0.25) is 0 Å². The third kappa shape index (κ3) is 3.96. The van der Waals surface area contributed by atoms with E-state index in [1.165, 1.54) is 5.69 Å². The molecular weight excluding hydrogens is 339 g/mol. The number of rotatable bonds is 4. The lowest BCUT2D eigenvalue weighted by Gasteiger charge is -2.15. The van der Waals surface area contributed by atoms with E-state index in [9.17, 15) is 4.79 Å². The maximum atomic E-state index is 11.9. The van der Waals surface area contributed by atoms with Gasteiger partial charge in [0.05, 0.1) is 36.0 Å². The molecule has 0 fully saturated rings. The van der Waals surface area contributed by atoms with Crippen LogP contribution in [0.25, 0.3) is 0 Å². The van der Waals surface area contributed by atoms with Crippen LogP contribution in [0.5, 0.6) is 0 Å². The number of nitrogens with one attached hydrogen (secondary N) is 2. The van der Waals surface area contributed by atoms with Crippen molar-refractivity contribution in [3.8, 4) is 0 Å². The molecule has 2 N–H and O–H groups in total. The van der Waals surface area contributed by atoms with Gasteiger partial charge in [-0.15, -0.1) is 0 Å².